The predicted octanol–water partition coefficient (Wildman–Crippen LogP) is 4.59. The molecule has 0 amide bonds. The number of phenolic OH excluding ortho intramolecular Hbond substituents is 1. The second-order valence-corrected chi connectivity index (χ2v) is 6.48. The summed E-state index contributed by atoms with van der Waals surface area (Å²) >= 11 is 0. The Kier molecular flexibility index (Phi) is 4.76. The van der Waals surface area contributed by atoms with Gasteiger partial charge in [-0.3, -0.25) is 4.98 Å². The summed E-state index contributed by atoms with van der Waals surface area (Å²) in [5.74, 6) is 0.192. The minimum absolute atomic E-state index is 0.192. The Hall–Kier alpha value is -3.14. The van der Waals surface area contributed by atoms with E-state index in [4.69, 9.17) is 0 Å². The second-order valence-electron chi connectivity index (χ2n) is 6.48. The highest BCUT2D eigenvalue weighted by molar-refractivity contribution is 6.00. The molecule has 2 N–H and O–H groups in total. The molecular weight excluding hydrogens is 324 g/mol. The van der Waals surface area contributed by atoms with Crippen LogP contribution in [0.2, 0.25) is 0 Å². The van der Waals surface area contributed by atoms with E-state index in [1.807, 2.05) is 69.3 Å². The number of pyridine rings is 1. The molecule has 0 aliphatic heterocycles. The molecule has 0 aliphatic rings. The maximum Gasteiger partial charge on any atom is 0.115 e. The van der Waals surface area contributed by atoms with Crippen molar-refractivity contribution in [1.29, 1.82) is 0 Å². The standard InChI is InChI=1S/C22H22N2O2/c1-15-6-4-5-7-21(15)22(17(3)24-26,18-8-10-20(25)11-9-18)19-12-13-23-16(2)14-19/h4-14,25-26H,1-3H3/t22-/m0/s1. The van der Waals surface area contributed by atoms with Crippen LogP contribution >= 0.6 is 0 Å². The van der Waals surface area contributed by atoms with Gasteiger partial charge in [-0.1, -0.05) is 41.6 Å². The van der Waals surface area contributed by atoms with Gasteiger partial charge in [0.2, 0.25) is 0 Å². The Morgan fingerprint density at radius 3 is 2.27 bits per heavy atom. The minimum atomic E-state index is -0.790. The monoisotopic (exact) mass is 346 g/mol. The number of rotatable bonds is 4. The number of phenols is 1. The molecule has 0 radical (unpaired) electrons. The summed E-state index contributed by atoms with van der Waals surface area (Å²) in [6.45, 7) is 5.80. The molecule has 3 rings (SSSR count). The molecule has 26 heavy (non-hydrogen) atoms. The van der Waals surface area contributed by atoms with Crippen LogP contribution in [0.5, 0.6) is 5.75 Å². The molecule has 1 aromatic heterocycles. The van der Waals surface area contributed by atoms with Crippen LogP contribution < -0.4 is 0 Å². The fourth-order valence-corrected chi connectivity index (χ4v) is 3.65. The third-order valence-electron chi connectivity index (χ3n) is 4.87. The highest BCUT2D eigenvalue weighted by atomic mass is 16.4. The van der Waals surface area contributed by atoms with Crippen LogP contribution in [-0.4, -0.2) is 21.0 Å². The average Bonchev–Trinajstić information content (AvgIpc) is 2.65. The Balaban J connectivity index is 2.47. The normalized spacial score (nSPS) is 14.0. The topological polar surface area (TPSA) is 65.7 Å². The van der Waals surface area contributed by atoms with E-state index in [2.05, 4.69) is 10.1 Å². The van der Waals surface area contributed by atoms with E-state index in [1.165, 1.54) is 0 Å². The van der Waals surface area contributed by atoms with Gasteiger partial charge in [-0.2, -0.15) is 0 Å². The van der Waals surface area contributed by atoms with Gasteiger partial charge in [0.1, 0.15) is 5.75 Å². The van der Waals surface area contributed by atoms with Crippen molar-refractivity contribution >= 4 is 5.71 Å². The van der Waals surface area contributed by atoms with Crippen molar-refractivity contribution in [3.63, 3.8) is 0 Å². The van der Waals surface area contributed by atoms with E-state index in [0.29, 0.717) is 5.71 Å². The van der Waals surface area contributed by atoms with Crippen molar-refractivity contribution in [1.82, 2.24) is 4.98 Å². The fraction of sp³-hybridized carbons (Fsp3) is 0.182. The molecule has 2 aromatic carbocycles. The summed E-state index contributed by atoms with van der Waals surface area (Å²) in [5, 5.41) is 23.2. The molecule has 4 heteroatoms. The molecule has 0 fully saturated rings. The van der Waals surface area contributed by atoms with E-state index >= 15 is 0 Å². The van der Waals surface area contributed by atoms with Crippen molar-refractivity contribution in [2.24, 2.45) is 5.16 Å². The van der Waals surface area contributed by atoms with Crippen LogP contribution in [0, 0.1) is 13.8 Å². The molecule has 1 atom stereocenters. The Morgan fingerprint density at radius 1 is 0.962 bits per heavy atom. The summed E-state index contributed by atoms with van der Waals surface area (Å²) in [6, 6.07) is 19.1. The van der Waals surface area contributed by atoms with E-state index in [9.17, 15) is 10.3 Å². The van der Waals surface area contributed by atoms with Gasteiger partial charge in [-0.05, 0) is 67.3 Å². The van der Waals surface area contributed by atoms with Gasteiger partial charge in [-0.15, -0.1) is 0 Å². The van der Waals surface area contributed by atoms with Gasteiger partial charge in [-0.25, -0.2) is 0 Å². The third kappa shape index (κ3) is 2.84. The van der Waals surface area contributed by atoms with E-state index in [0.717, 1.165) is 27.9 Å². The molecule has 0 spiro atoms. The zero-order chi connectivity index (χ0) is 18.7. The lowest BCUT2D eigenvalue weighted by molar-refractivity contribution is 0.315. The lowest BCUT2D eigenvalue weighted by atomic mass is 9.65. The average molecular weight is 346 g/mol. The maximum atomic E-state index is 9.79. The number of nitrogens with zero attached hydrogens (tertiary/aromatic N) is 2. The first kappa shape index (κ1) is 17.7. The molecule has 0 unspecified atom stereocenters. The van der Waals surface area contributed by atoms with Crippen LogP contribution in [-0.2, 0) is 5.41 Å². The van der Waals surface area contributed by atoms with Gasteiger partial charge in [0.15, 0.2) is 0 Å². The van der Waals surface area contributed by atoms with Crippen molar-refractivity contribution in [2.75, 3.05) is 0 Å². The third-order valence-corrected chi connectivity index (χ3v) is 4.87. The SMILES string of the molecule is CC(=NO)[C@](c1ccc(O)cc1)(c1ccnc(C)c1)c1ccccc1C. The fourth-order valence-electron chi connectivity index (χ4n) is 3.65. The molecular formula is C22H22N2O2. The number of hydrogen-bond acceptors (Lipinski definition) is 4. The van der Waals surface area contributed by atoms with Crippen LogP contribution in [0.3, 0.4) is 0 Å². The predicted molar refractivity (Wildman–Crippen MR) is 103 cm³/mol. The van der Waals surface area contributed by atoms with Gasteiger partial charge < -0.3 is 10.3 Å². The van der Waals surface area contributed by atoms with Crippen molar-refractivity contribution < 1.29 is 10.3 Å². The molecule has 0 saturated carbocycles. The highest BCUT2D eigenvalue weighted by Gasteiger charge is 2.41. The van der Waals surface area contributed by atoms with E-state index < -0.39 is 5.41 Å². The number of aryl methyl sites for hydroxylation is 2. The molecule has 4 nitrogen and oxygen atoms in total. The summed E-state index contributed by atoms with van der Waals surface area (Å²) in [7, 11) is 0. The smallest absolute Gasteiger partial charge is 0.115 e. The van der Waals surface area contributed by atoms with Gasteiger partial charge in [0.05, 0.1) is 11.1 Å². The van der Waals surface area contributed by atoms with Crippen LogP contribution in [0.4, 0.5) is 0 Å². The Bertz CT molecular complexity index is 948. The Labute approximate surface area is 153 Å². The lowest BCUT2D eigenvalue weighted by Gasteiger charge is -2.36. The largest absolute Gasteiger partial charge is 0.508 e. The van der Waals surface area contributed by atoms with E-state index in [-0.39, 0.29) is 5.75 Å². The lowest BCUT2D eigenvalue weighted by Crippen LogP contribution is -2.38. The van der Waals surface area contributed by atoms with Crippen LogP contribution in [0.25, 0.3) is 0 Å². The first-order chi connectivity index (χ1) is 12.5. The first-order valence-corrected chi connectivity index (χ1v) is 8.48. The van der Waals surface area contributed by atoms with Crippen molar-refractivity contribution in [2.45, 2.75) is 26.2 Å². The summed E-state index contributed by atoms with van der Waals surface area (Å²) in [5.41, 5.74) is 4.60. The number of oxime groups is 1. The zero-order valence-corrected chi connectivity index (χ0v) is 15.1. The second kappa shape index (κ2) is 7.00. The van der Waals surface area contributed by atoms with Crippen molar-refractivity contribution in [3.8, 4) is 5.75 Å². The highest BCUT2D eigenvalue weighted by Crippen LogP contribution is 2.42. The quantitative estimate of drug-likeness (QED) is 0.412. The van der Waals surface area contributed by atoms with E-state index in [1.54, 1.807) is 18.3 Å². The molecule has 0 saturated heterocycles. The summed E-state index contributed by atoms with van der Waals surface area (Å²) in [6.07, 6.45) is 1.77. The Morgan fingerprint density at radius 2 is 1.65 bits per heavy atom. The first-order valence-electron chi connectivity index (χ1n) is 8.48. The van der Waals surface area contributed by atoms with Crippen LogP contribution in [0.1, 0.15) is 34.9 Å². The number of benzene rings is 2. The number of aromatic nitrogens is 1. The number of aromatic hydroxyl groups is 1. The molecule has 132 valence electrons. The van der Waals surface area contributed by atoms with Crippen LogP contribution in [0.15, 0.2) is 72.0 Å². The molecule has 1 heterocycles. The molecule has 0 aliphatic carbocycles. The molecule has 3 aromatic rings. The van der Waals surface area contributed by atoms with Crippen molar-refractivity contribution in [3.05, 3.63) is 94.8 Å². The molecule has 0 bridgehead atoms. The summed E-state index contributed by atoms with van der Waals surface area (Å²) in [4.78, 5) is 4.32. The van der Waals surface area contributed by atoms with Gasteiger partial charge >= 0.3 is 0 Å². The van der Waals surface area contributed by atoms with Gasteiger partial charge in [0, 0.05) is 11.9 Å². The minimum Gasteiger partial charge on any atom is -0.508 e. The van der Waals surface area contributed by atoms with Gasteiger partial charge in [0.25, 0.3) is 0 Å². The maximum absolute atomic E-state index is 9.79. The zero-order valence-electron chi connectivity index (χ0n) is 15.1. The number of hydrogen-bond donors (Lipinski definition) is 2. The summed E-state index contributed by atoms with van der Waals surface area (Å²) < 4.78 is 0.